The van der Waals surface area contributed by atoms with Crippen molar-refractivity contribution in [3.05, 3.63) is 0 Å². The van der Waals surface area contributed by atoms with Crippen molar-refractivity contribution in [3.63, 3.8) is 0 Å². The topological polar surface area (TPSA) is 72.8 Å². The summed E-state index contributed by atoms with van der Waals surface area (Å²) in [6.45, 7) is 2.30. The maximum atomic E-state index is 11.0. The van der Waals surface area contributed by atoms with Gasteiger partial charge in [0.05, 0.1) is 26.2 Å². The van der Waals surface area contributed by atoms with Crippen molar-refractivity contribution in [2.75, 3.05) is 13.7 Å². The van der Waals surface area contributed by atoms with Crippen LogP contribution >= 0.6 is 0 Å². The summed E-state index contributed by atoms with van der Waals surface area (Å²) in [5.41, 5.74) is 0. The van der Waals surface area contributed by atoms with Crippen LogP contribution in [0.1, 0.15) is 32.6 Å². The molecule has 0 aliphatic carbocycles. The van der Waals surface area contributed by atoms with Crippen LogP contribution in [-0.4, -0.2) is 36.9 Å². The molecule has 0 rings (SSSR count). The second kappa shape index (κ2) is 8.23. The molecule has 1 unspecified atom stereocenters. The van der Waals surface area contributed by atoms with Gasteiger partial charge in [0, 0.05) is 6.42 Å². The molecule has 0 heterocycles. The maximum absolute atomic E-state index is 11.0. The predicted octanol–water partition coefficient (Wildman–Crippen LogP) is 0.644. The van der Waals surface area contributed by atoms with Crippen molar-refractivity contribution in [2.45, 2.75) is 38.7 Å². The highest BCUT2D eigenvalue weighted by molar-refractivity contribution is 5.71. The van der Waals surface area contributed by atoms with E-state index in [1.165, 1.54) is 7.11 Å². The fourth-order valence-corrected chi connectivity index (χ4v) is 0.950. The van der Waals surface area contributed by atoms with Gasteiger partial charge < -0.3 is 14.6 Å². The van der Waals surface area contributed by atoms with Crippen LogP contribution in [-0.2, 0) is 19.1 Å². The van der Waals surface area contributed by atoms with E-state index in [2.05, 4.69) is 4.74 Å². The summed E-state index contributed by atoms with van der Waals surface area (Å²) in [4.78, 5) is 21.8. The maximum Gasteiger partial charge on any atom is 0.308 e. The van der Waals surface area contributed by atoms with Crippen LogP contribution in [0.15, 0.2) is 0 Å². The van der Waals surface area contributed by atoms with E-state index in [1.54, 1.807) is 0 Å². The lowest BCUT2D eigenvalue weighted by molar-refractivity contribution is -0.146. The van der Waals surface area contributed by atoms with E-state index in [4.69, 9.17) is 4.74 Å². The Labute approximate surface area is 89.4 Å². The van der Waals surface area contributed by atoms with E-state index in [9.17, 15) is 14.7 Å². The highest BCUT2D eigenvalue weighted by Crippen LogP contribution is 2.04. The minimum Gasteiger partial charge on any atom is -0.469 e. The molecule has 15 heavy (non-hydrogen) atoms. The Kier molecular flexibility index (Phi) is 7.62. The molecule has 0 bridgehead atoms. The van der Waals surface area contributed by atoms with Crippen LogP contribution < -0.4 is 0 Å². The number of aliphatic hydroxyl groups is 1. The minimum absolute atomic E-state index is 0.0858. The molecular formula is C10H18O5. The Hall–Kier alpha value is -1.10. The Balaban J connectivity index is 3.56. The van der Waals surface area contributed by atoms with Crippen molar-refractivity contribution < 1.29 is 24.2 Å². The summed E-state index contributed by atoms with van der Waals surface area (Å²) in [7, 11) is 1.25. The number of methoxy groups -OCH3 is 1. The van der Waals surface area contributed by atoms with E-state index in [0.29, 0.717) is 6.61 Å². The third-order valence-corrected chi connectivity index (χ3v) is 1.78. The van der Waals surface area contributed by atoms with Gasteiger partial charge in [0.2, 0.25) is 0 Å². The second-order valence-electron chi connectivity index (χ2n) is 3.19. The number of carbonyl (C=O) groups is 2. The van der Waals surface area contributed by atoms with Gasteiger partial charge >= 0.3 is 11.9 Å². The average molecular weight is 218 g/mol. The van der Waals surface area contributed by atoms with Gasteiger partial charge in [-0.3, -0.25) is 9.59 Å². The molecule has 0 radical (unpaired) electrons. The van der Waals surface area contributed by atoms with Gasteiger partial charge in [0.1, 0.15) is 0 Å². The molecule has 0 aliphatic rings. The van der Waals surface area contributed by atoms with Gasteiger partial charge in [0.25, 0.3) is 0 Å². The zero-order chi connectivity index (χ0) is 11.7. The number of ether oxygens (including phenoxy) is 2. The van der Waals surface area contributed by atoms with E-state index in [0.717, 1.165) is 6.42 Å². The fraction of sp³-hybridized carbons (Fsp3) is 0.800. The highest BCUT2D eigenvalue weighted by atomic mass is 16.5. The van der Waals surface area contributed by atoms with Crippen molar-refractivity contribution in [1.82, 2.24) is 0 Å². The van der Waals surface area contributed by atoms with Gasteiger partial charge in [-0.25, -0.2) is 0 Å². The molecule has 1 atom stereocenters. The van der Waals surface area contributed by atoms with Gasteiger partial charge in [-0.05, 0) is 12.8 Å². The van der Waals surface area contributed by atoms with Gasteiger partial charge in [-0.1, -0.05) is 6.92 Å². The summed E-state index contributed by atoms with van der Waals surface area (Å²) in [6.07, 6.45) is 0.190. The summed E-state index contributed by atoms with van der Waals surface area (Å²) < 4.78 is 9.18. The van der Waals surface area contributed by atoms with Crippen molar-refractivity contribution in [2.24, 2.45) is 0 Å². The standard InChI is InChI=1S/C10H18O5/c1-3-6-15-9(12)5-4-8(11)7-10(13)14-2/h8,11H,3-7H2,1-2H3. The smallest absolute Gasteiger partial charge is 0.308 e. The molecule has 0 aromatic carbocycles. The second-order valence-corrected chi connectivity index (χ2v) is 3.19. The van der Waals surface area contributed by atoms with Crippen molar-refractivity contribution in [3.8, 4) is 0 Å². The molecule has 0 amide bonds. The summed E-state index contributed by atoms with van der Waals surface area (Å²) >= 11 is 0. The lowest BCUT2D eigenvalue weighted by atomic mass is 10.1. The van der Waals surface area contributed by atoms with E-state index >= 15 is 0 Å². The molecule has 0 saturated heterocycles. The zero-order valence-corrected chi connectivity index (χ0v) is 9.19. The minimum atomic E-state index is -0.841. The monoisotopic (exact) mass is 218 g/mol. The molecule has 0 aromatic heterocycles. The van der Waals surface area contributed by atoms with Gasteiger partial charge in [0.15, 0.2) is 0 Å². The van der Waals surface area contributed by atoms with Crippen LogP contribution in [0, 0.1) is 0 Å². The first-order valence-corrected chi connectivity index (χ1v) is 5.00. The molecule has 0 aliphatic heterocycles. The number of aliphatic hydroxyl groups excluding tert-OH is 1. The number of hydrogen-bond acceptors (Lipinski definition) is 5. The number of hydrogen-bond donors (Lipinski definition) is 1. The molecule has 0 spiro atoms. The molecule has 88 valence electrons. The van der Waals surface area contributed by atoms with Gasteiger partial charge in [-0.2, -0.15) is 0 Å². The summed E-state index contributed by atoms with van der Waals surface area (Å²) in [5.74, 6) is -0.829. The predicted molar refractivity (Wildman–Crippen MR) is 53.1 cm³/mol. The van der Waals surface area contributed by atoms with Crippen LogP contribution in [0.4, 0.5) is 0 Å². The SMILES string of the molecule is CCCOC(=O)CCC(O)CC(=O)OC. The van der Waals surface area contributed by atoms with Crippen molar-refractivity contribution in [1.29, 1.82) is 0 Å². The molecule has 5 heteroatoms. The first kappa shape index (κ1) is 13.9. The Morgan fingerprint density at radius 2 is 2.00 bits per heavy atom. The van der Waals surface area contributed by atoms with E-state index in [-0.39, 0.29) is 25.2 Å². The lowest BCUT2D eigenvalue weighted by Gasteiger charge is -2.08. The molecule has 0 saturated carbocycles. The quantitative estimate of drug-likeness (QED) is 0.635. The molecular weight excluding hydrogens is 200 g/mol. The number of esters is 2. The van der Waals surface area contributed by atoms with Crippen LogP contribution in [0.2, 0.25) is 0 Å². The van der Waals surface area contributed by atoms with E-state index in [1.807, 2.05) is 6.92 Å². The normalized spacial score (nSPS) is 11.9. The highest BCUT2D eigenvalue weighted by Gasteiger charge is 2.13. The van der Waals surface area contributed by atoms with Crippen LogP contribution in [0.3, 0.4) is 0 Å². The zero-order valence-electron chi connectivity index (χ0n) is 9.19. The first-order chi connectivity index (χ1) is 7.10. The molecule has 5 nitrogen and oxygen atoms in total. The summed E-state index contributed by atoms with van der Waals surface area (Å²) in [6, 6.07) is 0. The third kappa shape index (κ3) is 7.93. The van der Waals surface area contributed by atoms with Crippen molar-refractivity contribution >= 4 is 11.9 Å². The number of rotatable bonds is 7. The van der Waals surface area contributed by atoms with E-state index < -0.39 is 12.1 Å². The largest absolute Gasteiger partial charge is 0.469 e. The molecule has 0 fully saturated rings. The molecule has 1 N–H and O–H groups in total. The van der Waals surface area contributed by atoms with Gasteiger partial charge in [-0.15, -0.1) is 0 Å². The van der Waals surface area contributed by atoms with Crippen LogP contribution in [0.5, 0.6) is 0 Å². The third-order valence-electron chi connectivity index (χ3n) is 1.78. The average Bonchev–Trinajstić information content (AvgIpc) is 2.23. The summed E-state index contributed by atoms with van der Waals surface area (Å²) in [5, 5.41) is 9.32. The Morgan fingerprint density at radius 3 is 2.53 bits per heavy atom. The first-order valence-electron chi connectivity index (χ1n) is 5.00. The Bertz CT molecular complexity index is 202. The Morgan fingerprint density at radius 1 is 1.33 bits per heavy atom. The lowest BCUT2D eigenvalue weighted by Crippen LogP contribution is -2.16. The fourth-order valence-electron chi connectivity index (χ4n) is 0.950. The van der Waals surface area contributed by atoms with Crippen LogP contribution in [0.25, 0.3) is 0 Å². The number of carbonyl (C=O) groups excluding carboxylic acids is 2. The molecule has 0 aromatic rings.